The first-order valence-electron chi connectivity index (χ1n) is 6.12. The van der Waals surface area contributed by atoms with Crippen molar-refractivity contribution in [1.82, 2.24) is 10.3 Å². The summed E-state index contributed by atoms with van der Waals surface area (Å²) in [5.41, 5.74) is 1.19. The highest BCUT2D eigenvalue weighted by Gasteiger charge is 2.00. The van der Waals surface area contributed by atoms with E-state index in [1.807, 2.05) is 26.1 Å². The first kappa shape index (κ1) is 14.1. The summed E-state index contributed by atoms with van der Waals surface area (Å²) in [5, 5.41) is 3.31. The van der Waals surface area contributed by atoms with E-state index in [2.05, 4.69) is 16.4 Å². The second-order valence-electron chi connectivity index (χ2n) is 3.88. The molecule has 0 amide bonds. The molecule has 1 atom stereocenters. The molecule has 0 saturated heterocycles. The van der Waals surface area contributed by atoms with Gasteiger partial charge < -0.3 is 14.8 Å². The lowest BCUT2D eigenvalue weighted by Crippen LogP contribution is -2.24. The molecule has 1 aromatic rings. The van der Waals surface area contributed by atoms with E-state index in [1.165, 1.54) is 5.56 Å². The summed E-state index contributed by atoms with van der Waals surface area (Å²) >= 11 is 0. The Hall–Kier alpha value is -0.970. The molecular weight excluding hydrogens is 216 g/mol. The van der Waals surface area contributed by atoms with E-state index in [-0.39, 0.29) is 6.10 Å². The fourth-order valence-electron chi connectivity index (χ4n) is 1.40. The maximum atomic E-state index is 5.58. The second-order valence-corrected chi connectivity index (χ2v) is 3.88. The van der Waals surface area contributed by atoms with Crippen molar-refractivity contribution in [1.29, 1.82) is 0 Å². The number of pyridine rings is 1. The zero-order valence-corrected chi connectivity index (χ0v) is 10.7. The number of hydrogen-bond acceptors (Lipinski definition) is 4. The molecule has 0 fully saturated rings. The van der Waals surface area contributed by atoms with Crippen LogP contribution in [0.15, 0.2) is 24.5 Å². The summed E-state index contributed by atoms with van der Waals surface area (Å²) in [6.07, 6.45) is 3.81. The molecule has 0 saturated carbocycles. The van der Waals surface area contributed by atoms with Crippen molar-refractivity contribution in [2.75, 3.05) is 26.4 Å². The van der Waals surface area contributed by atoms with E-state index in [4.69, 9.17) is 9.47 Å². The number of hydrogen-bond donors (Lipinski definition) is 1. The standard InChI is InChI=1S/C13H22N2O2/c1-3-16-11-12(2)17-8-7-15-10-13-5-4-6-14-9-13/h4-6,9,12,15H,3,7-8,10-11H2,1-2H3. The van der Waals surface area contributed by atoms with Gasteiger partial charge in [-0.25, -0.2) is 0 Å². The van der Waals surface area contributed by atoms with Gasteiger partial charge in [-0.3, -0.25) is 4.98 Å². The molecule has 4 heteroatoms. The Morgan fingerprint density at radius 2 is 2.35 bits per heavy atom. The number of ether oxygens (including phenoxy) is 2. The van der Waals surface area contributed by atoms with Gasteiger partial charge in [-0.15, -0.1) is 0 Å². The van der Waals surface area contributed by atoms with Crippen LogP contribution in [0.1, 0.15) is 19.4 Å². The van der Waals surface area contributed by atoms with Crippen LogP contribution in [0.4, 0.5) is 0 Å². The van der Waals surface area contributed by atoms with Crippen molar-refractivity contribution in [2.24, 2.45) is 0 Å². The van der Waals surface area contributed by atoms with E-state index in [0.29, 0.717) is 13.2 Å². The first-order chi connectivity index (χ1) is 8.33. The van der Waals surface area contributed by atoms with Gasteiger partial charge in [-0.2, -0.15) is 0 Å². The van der Waals surface area contributed by atoms with E-state index in [9.17, 15) is 0 Å². The van der Waals surface area contributed by atoms with Gasteiger partial charge in [0.1, 0.15) is 0 Å². The van der Waals surface area contributed by atoms with Crippen LogP contribution in [0.5, 0.6) is 0 Å². The highest BCUT2D eigenvalue weighted by molar-refractivity contribution is 5.07. The molecule has 1 unspecified atom stereocenters. The number of nitrogens with zero attached hydrogens (tertiary/aromatic N) is 1. The van der Waals surface area contributed by atoms with Crippen molar-refractivity contribution in [3.63, 3.8) is 0 Å². The fourth-order valence-corrected chi connectivity index (χ4v) is 1.40. The molecule has 0 radical (unpaired) electrons. The minimum Gasteiger partial charge on any atom is -0.379 e. The van der Waals surface area contributed by atoms with E-state index >= 15 is 0 Å². The van der Waals surface area contributed by atoms with Crippen LogP contribution in [-0.2, 0) is 16.0 Å². The number of aromatic nitrogens is 1. The quantitative estimate of drug-likeness (QED) is 0.664. The predicted octanol–water partition coefficient (Wildman–Crippen LogP) is 1.61. The van der Waals surface area contributed by atoms with Crippen molar-refractivity contribution < 1.29 is 9.47 Å². The molecule has 4 nitrogen and oxygen atoms in total. The smallest absolute Gasteiger partial charge is 0.0781 e. The molecule has 0 aromatic carbocycles. The highest BCUT2D eigenvalue weighted by atomic mass is 16.5. The maximum Gasteiger partial charge on any atom is 0.0781 e. The fraction of sp³-hybridized carbons (Fsp3) is 0.615. The SMILES string of the molecule is CCOCC(C)OCCNCc1cccnc1. The Balaban J connectivity index is 1.97. The van der Waals surface area contributed by atoms with E-state index < -0.39 is 0 Å². The number of nitrogens with one attached hydrogen (secondary N) is 1. The molecular formula is C13H22N2O2. The first-order valence-corrected chi connectivity index (χ1v) is 6.12. The molecule has 0 aliphatic carbocycles. The lowest BCUT2D eigenvalue weighted by atomic mass is 10.3. The lowest BCUT2D eigenvalue weighted by Gasteiger charge is -2.13. The number of rotatable bonds is 9. The normalized spacial score (nSPS) is 12.6. The van der Waals surface area contributed by atoms with Gasteiger partial charge >= 0.3 is 0 Å². The Morgan fingerprint density at radius 1 is 1.47 bits per heavy atom. The van der Waals surface area contributed by atoms with Crippen molar-refractivity contribution >= 4 is 0 Å². The Bertz CT molecular complexity index is 280. The van der Waals surface area contributed by atoms with Gasteiger partial charge in [0.25, 0.3) is 0 Å². The van der Waals surface area contributed by atoms with Gasteiger partial charge in [0.2, 0.25) is 0 Å². The van der Waals surface area contributed by atoms with Gasteiger partial charge in [0, 0.05) is 32.1 Å². The van der Waals surface area contributed by atoms with Crippen molar-refractivity contribution in [3.05, 3.63) is 30.1 Å². The molecule has 96 valence electrons. The minimum absolute atomic E-state index is 0.162. The topological polar surface area (TPSA) is 43.4 Å². The van der Waals surface area contributed by atoms with E-state index in [1.54, 1.807) is 6.20 Å². The molecule has 1 aromatic heterocycles. The van der Waals surface area contributed by atoms with Crippen LogP contribution >= 0.6 is 0 Å². The third-order valence-electron chi connectivity index (χ3n) is 2.29. The van der Waals surface area contributed by atoms with Gasteiger partial charge in [0.05, 0.1) is 19.3 Å². The molecule has 0 spiro atoms. The molecule has 0 aliphatic rings. The van der Waals surface area contributed by atoms with Gasteiger partial charge in [-0.05, 0) is 25.5 Å². The van der Waals surface area contributed by atoms with Crippen LogP contribution in [0.25, 0.3) is 0 Å². The monoisotopic (exact) mass is 238 g/mol. The van der Waals surface area contributed by atoms with Gasteiger partial charge in [-0.1, -0.05) is 6.07 Å². The van der Waals surface area contributed by atoms with Crippen LogP contribution in [0.3, 0.4) is 0 Å². The average molecular weight is 238 g/mol. The lowest BCUT2D eigenvalue weighted by molar-refractivity contribution is -0.00195. The van der Waals surface area contributed by atoms with E-state index in [0.717, 1.165) is 19.7 Å². The van der Waals surface area contributed by atoms with Crippen molar-refractivity contribution in [2.45, 2.75) is 26.5 Å². The zero-order chi connectivity index (χ0) is 12.3. The van der Waals surface area contributed by atoms with Gasteiger partial charge in [0.15, 0.2) is 0 Å². The summed E-state index contributed by atoms with van der Waals surface area (Å²) in [4.78, 5) is 4.06. The summed E-state index contributed by atoms with van der Waals surface area (Å²) in [6.45, 7) is 7.79. The summed E-state index contributed by atoms with van der Waals surface area (Å²) in [5.74, 6) is 0. The largest absolute Gasteiger partial charge is 0.379 e. The average Bonchev–Trinajstić information content (AvgIpc) is 2.37. The Morgan fingerprint density at radius 3 is 3.06 bits per heavy atom. The minimum atomic E-state index is 0.162. The summed E-state index contributed by atoms with van der Waals surface area (Å²) in [6, 6.07) is 4.00. The second kappa shape index (κ2) is 9.10. The van der Waals surface area contributed by atoms with Crippen LogP contribution < -0.4 is 5.32 Å². The molecule has 1 N–H and O–H groups in total. The van der Waals surface area contributed by atoms with Crippen LogP contribution in [0, 0.1) is 0 Å². The third-order valence-corrected chi connectivity index (χ3v) is 2.29. The molecule has 0 bridgehead atoms. The molecule has 17 heavy (non-hydrogen) atoms. The summed E-state index contributed by atoms with van der Waals surface area (Å²) < 4.78 is 10.8. The highest BCUT2D eigenvalue weighted by Crippen LogP contribution is 1.94. The molecule has 0 aliphatic heterocycles. The zero-order valence-electron chi connectivity index (χ0n) is 10.7. The van der Waals surface area contributed by atoms with Crippen molar-refractivity contribution in [3.8, 4) is 0 Å². The third kappa shape index (κ3) is 7.05. The van der Waals surface area contributed by atoms with Crippen LogP contribution in [-0.4, -0.2) is 37.5 Å². The predicted molar refractivity (Wildman–Crippen MR) is 67.9 cm³/mol. The Labute approximate surface area is 103 Å². The molecule has 1 rings (SSSR count). The molecule has 1 heterocycles. The maximum absolute atomic E-state index is 5.58. The summed E-state index contributed by atoms with van der Waals surface area (Å²) in [7, 11) is 0. The van der Waals surface area contributed by atoms with Crippen LogP contribution in [0.2, 0.25) is 0 Å². The Kier molecular flexibility index (Phi) is 7.54.